The number of halogens is 1. The lowest BCUT2D eigenvalue weighted by atomic mass is 9.78. The molecule has 0 aliphatic heterocycles. The van der Waals surface area contributed by atoms with E-state index in [2.05, 4.69) is 10.3 Å². The van der Waals surface area contributed by atoms with Gasteiger partial charge in [0.25, 0.3) is 6.01 Å². The third kappa shape index (κ3) is 5.34. The highest BCUT2D eigenvalue weighted by molar-refractivity contribution is 6.30. The molecule has 0 radical (unpaired) electrons. The summed E-state index contributed by atoms with van der Waals surface area (Å²) in [6, 6.07) is 23.3. The van der Waals surface area contributed by atoms with Gasteiger partial charge in [0.15, 0.2) is 11.5 Å². The van der Waals surface area contributed by atoms with Crippen LogP contribution < -0.4 is 5.32 Å². The number of carbonyl (C=O) groups excluding carboxylic acids is 1. The van der Waals surface area contributed by atoms with E-state index in [0.717, 1.165) is 22.4 Å². The molecule has 6 nitrogen and oxygen atoms in total. The van der Waals surface area contributed by atoms with E-state index >= 15 is 0 Å². The largest absolute Gasteiger partial charge is 0.481 e. The Balaban J connectivity index is 1.23. The molecular formula is C29H25ClN2O4. The molecule has 0 bridgehead atoms. The van der Waals surface area contributed by atoms with Gasteiger partial charge in [-0.1, -0.05) is 66.2 Å². The Labute approximate surface area is 214 Å². The van der Waals surface area contributed by atoms with Gasteiger partial charge in [0.2, 0.25) is 0 Å². The Kier molecular flexibility index (Phi) is 6.87. The van der Waals surface area contributed by atoms with Crippen LogP contribution in [0.2, 0.25) is 5.02 Å². The van der Waals surface area contributed by atoms with Crippen LogP contribution in [0.1, 0.15) is 36.0 Å². The summed E-state index contributed by atoms with van der Waals surface area (Å²) in [6.07, 6.45) is 4.08. The van der Waals surface area contributed by atoms with E-state index in [9.17, 15) is 9.59 Å². The molecule has 1 aromatic heterocycles. The Morgan fingerprint density at radius 3 is 2.11 bits per heavy atom. The zero-order chi connectivity index (χ0) is 25.1. The van der Waals surface area contributed by atoms with Gasteiger partial charge in [-0.05, 0) is 55.0 Å². The van der Waals surface area contributed by atoms with Crippen molar-refractivity contribution in [1.29, 1.82) is 0 Å². The average molecular weight is 501 g/mol. The van der Waals surface area contributed by atoms with Crippen molar-refractivity contribution in [3.63, 3.8) is 0 Å². The zero-order valence-electron chi connectivity index (χ0n) is 19.5. The second-order valence-electron chi connectivity index (χ2n) is 9.07. The van der Waals surface area contributed by atoms with Crippen LogP contribution in [-0.2, 0) is 4.79 Å². The van der Waals surface area contributed by atoms with E-state index < -0.39 is 5.97 Å². The van der Waals surface area contributed by atoms with Crippen molar-refractivity contribution in [3.8, 4) is 22.5 Å². The van der Waals surface area contributed by atoms with Gasteiger partial charge in [0, 0.05) is 27.8 Å². The number of anilines is 2. The number of ketones is 1. The first kappa shape index (κ1) is 23.8. The summed E-state index contributed by atoms with van der Waals surface area (Å²) in [5.41, 5.74) is 4.40. The molecule has 36 heavy (non-hydrogen) atoms. The van der Waals surface area contributed by atoms with Crippen molar-refractivity contribution >= 4 is 35.1 Å². The molecule has 1 heterocycles. The van der Waals surface area contributed by atoms with Gasteiger partial charge in [-0.3, -0.25) is 9.59 Å². The van der Waals surface area contributed by atoms with Crippen LogP contribution >= 0.6 is 11.6 Å². The normalized spacial score (nSPS) is 17.5. The number of nitrogens with one attached hydrogen (secondary N) is 1. The molecule has 7 heteroatoms. The molecule has 0 atom stereocenters. The molecule has 0 spiro atoms. The number of carboxylic acid groups (broad SMARTS) is 1. The molecule has 0 unspecified atom stereocenters. The summed E-state index contributed by atoms with van der Waals surface area (Å²) in [4.78, 5) is 28.3. The number of oxazole rings is 1. The number of benzene rings is 3. The van der Waals surface area contributed by atoms with Crippen molar-refractivity contribution in [2.45, 2.75) is 25.7 Å². The van der Waals surface area contributed by atoms with Crippen molar-refractivity contribution in [2.75, 3.05) is 5.32 Å². The number of carboxylic acids is 1. The Morgan fingerprint density at radius 1 is 0.861 bits per heavy atom. The fourth-order valence-electron chi connectivity index (χ4n) is 4.65. The third-order valence-corrected chi connectivity index (χ3v) is 6.94. The summed E-state index contributed by atoms with van der Waals surface area (Å²) < 4.78 is 5.84. The van der Waals surface area contributed by atoms with E-state index in [1.54, 1.807) is 18.3 Å². The Morgan fingerprint density at radius 2 is 1.47 bits per heavy atom. The number of Topliss-reactive ketones (excluding diaryl/α,β-unsaturated/α-hetero) is 1. The number of carbonyl (C=O) groups is 2. The predicted octanol–water partition coefficient (Wildman–Crippen LogP) is 7.48. The minimum atomic E-state index is -0.755. The van der Waals surface area contributed by atoms with Crippen LogP contribution in [0.3, 0.4) is 0 Å². The van der Waals surface area contributed by atoms with Gasteiger partial charge in [-0.15, -0.1) is 0 Å². The molecule has 182 valence electrons. The van der Waals surface area contributed by atoms with Gasteiger partial charge in [-0.2, -0.15) is 0 Å². The van der Waals surface area contributed by atoms with Gasteiger partial charge in [0.05, 0.1) is 12.1 Å². The first-order chi connectivity index (χ1) is 17.5. The van der Waals surface area contributed by atoms with Gasteiger partial charge in [0.1, 0.15) is 0 Å². The number of hydrogen-bond acceptors (Lipinski definition) is 5. The van der Waals surface area contributed by atoms with Crippen molar-refractivity contribution in [3.05, 3.63) is 89.6 Å². The molecular weight excluding hydrogens is 476 g/mol. The number of aliphatic carboxylic acids is 1. The summed E-state index contributed by atoms with van der Waals surface area (Å²) in [7, 11) is 0. The lowest BCUT2D eigenvalue weighted by Crippen LogP contribution is -2.25. The third-order valence-electron chi connectivity index (χ3n) is 6.70. The molecule has 0 amide bonds. The predicted molar refractivity (Wildman–Crippen MR) is 140 cm³/mol. The molecule has 1 saturated carbocycles. The smallest absolute Gasteiger partial charge is 0.306 e. The fourth-order valence-corrected chi connectivity index (χ4v) is 4.84. The van der Waals surface area contributed by atoms with Crippen molar-refractivity contribution in [1.82, 2.24) is 4.98 Å². The monoisotopic (exact) mass is 500 g/mol. The lowest BCUT2D eigenvalue weighted by molar-refractivity contribution is -0.143. The van der Waals surface area contributed by atoms with E-state index in [1.807, 2.05) is 60.7 Å². The minimum Gasteiger partial charge on any atom is -0.481 e. The second kappa shape index (κ2) is 10.4. The number of aromatic nitrogens is 1. The standard InChI is InChI=1S/C29H25ClN2O4/c30-24-2-1-3-25(16-24)32-29-31-17-26(36-29)20-8-4-18(5-9-20)19-6-10-21(11-7-19)27(33)22-12-14-23(15-13-22)28(34)35/h1-11,16-17,22-23H,12-15H2,(H,31,32)(H,34,35). The van der Waals surface area contributed by atoms with Gasteiger partial charge >= 0.3 is 5.97 Å². The Bertz CT molecular complexity index is 1370. The van der Waals surface area contributed by atoms with E-state index in [0.29, 0.717) is 48.0 Å². The number of nitrogens with zero attached hydrogens (tertiary/aromatic N) is 1. The van der Waals surface area contributed by atoms with Gasteiger partial charge < -0.3 is 14.8 Å². The maximum atomic E-state index is 12.9. The van der Waals surface area contributed by atoms with Crippen molar-refractivity contribution < 1.29 is 19.1 Å². The summed E-state index contributed by atoms with van der Waals surface area (Å²) in [5.74, 6) is -0.416. The number of rotatable bonds is 7. The molecule has 2 N–H and O–H groups in total. The molecule has 3 aromatic carbocycles. The summed E-state index contributed by atoms with van der Waals surface area (Å²) >= 11 is 6.03. The van der Waals surface area contributed by atoms with Crippen LogP contribution in [0.15, 0.2) is 83.4 Å². The Hall–Kier alpha value is -3.90. The first-order valence-corrected chi connectivity index (χ1v) is 12.3. The minimum absolute atomic E-state index is 0.0918. The molecule has 5 rings (SSSR count). The van der Waals surface area contributed by atoms with Crippen LogP contribution in [0, 0.1) is 11.8 Å². The SMILES string of the molecule is O=C(O)C1CCC(C(=O)c2ccc(-c3ccc(-c4cnc(Nc5cccc(Cl)c5)o4)cc3)cc2)CC1. The van der Waals surface area contributed by atoms with Crippen LogP contribution in [0.4, 0.5) is 11.7 Å². The molecule has 4 aromatic rings. The van der Waals surface area contributed by atoms with Crippen LogP contribution in [-0.4, -0.2) is 21.8 Å². The maximum absolute atomic E-state index is 12.9. The second-order valence-corrected chi connectivity index (χ2v) is 9.51. The quantitative estimate of drug-likeness (QED) is 0.255. The molecule has 1 fully saturated rings. The highest BCUT2D eigenvalue weighted by Gasteiger charge is 2.30. The van der Waals surface area contributed by atoms with E-state index in [-0.39, 0.29) is 17.6 Å². The highest BCUT2D eigenvalue weighted by atomic mass is 35.5. The zero-order valence-corrected chi connectivity index (χ0v) is 20.2. The summed E-state index contributed by atoms with van der Waals surface area (Å²) in [5, 5.41) is 12.9. The summed E-state index contributed by atoms with van der Waals surface area (Å²) in [6.45, 7) is 0. The average Bonchev–Trinajstić information content (AvgIpc) is 3.37. The fraction of sp³-hybridized carbons (Fsp3) is 0.207. The van der Waals surface area contributed by atoms with E-state index in [1.165, 1.54) is 0 Å². The maximum Gasteiger partial charge on any atom is 0.306 e. The van der Waals surface area contributed by atoms with Crippen LogP contribution in [0.5, 0.6) is 0 Å². The molecule has 0 saturated heterocycles. The lowest BCUT2D eigenvalue weighted by Gasteiger charge is -2.25. The molecule has 1 aliphatic carbocycles. The van der Waals surface area contributed by atoms with E-state index in [4.69, 9.17) is 21.1 Å². The number of hydrogen-bond donors (Lipinski definition) is 2. The highest BCUT2D eigenvalue weighted by Crippen LogP contribution is 2.32. The van der Waals surface area contributed by atoms with Crippen molar-refractivity contribution in [2.24, 2.45) is 11.8 Å². The topological polar surface area (TPSA) is 92.4 Å². The van der Waals surface area contributed by atoms with Gasteiger partial charge in [-0.25, -0.2) is 4.98 Å². The molecule has 1 aliphatic rings. The first-order valence-electron chi connectivity index (χ1n) is 11.9. The van der Waals surface area contributed by atoms with Crippen LogP contribution in [0.25, 0.3) is 22.5 Å².